The minimum atomic E-state index is 0.206. The molecule has 1 aliphatic heterocycles. The SMILES string of the molecule is CN[C@@H]1CCCN(C(=O)Cc2cnn(C)c2)C1. The van der Waals surface area contributed by atoms with Gasteiger partial charge >= 0.3 is 0 Å². The second-order valence-corrected chi connectivity index (χ2v) is 4.67. The molecule has 5 nitrogen and oxygen atoms in total. The first kappa shape index (κ1) is 12.1. The van der Waals surface area contributed by atoms with Crippen molar-refractivity contribution in [2.24, 2.45) is 7.05 Å². The summed E-state index contributed by atoms with van der Waals surface area (Å²) in [4.78, 5) is 14.1. The van der Waals surface area contributed by atoms with E-state index in [1.54, 1.807) is 10.9 Å². The van der Waals surface area contributed by atoms with E-state index >= 15 is 0 Å². The molecule has 1 aliphatic rings. The van der Waals surface area contributed by atoms with Crippen LogP contribution in [0, 0.1) is 0 Å². The van der Waals surface area contributed by atoms with Crippen LogP contribution in [0.3, 0.4) is 0 Å². The van der Waals surface area contributed by atoms with Crippen molar-refractivity contribution >= 4 is 5.91 Å². The molecule has 1 aromatic heterocycles. The molecule has 2 rings (SSSR count). The number of likely N-dealkylation sites (tertiary alicyclic amines) is 1. The van der Waals surface area contributed by atoms with Gasteiger partial charge < -0.3 is 10.2 Å². The van der Waals surface area contributed by atoms with Gasteiger partial charge in [-0.15, -0.1) is 0 Å². The Morgan fingerprint density at radius 1 is 1.65 bits per heavy atom. The standard InChI is InChI=1S/C12H20N4O/c1-13-11-4-3-5-16(9-11)12(17)6-10-7-14-15(2)8-10/h7-8,11,13H,3-6,9H2,1-2H3/t11-/m1/s1. The first-order valence-electron chi connectivity index (χ1n) is 6.11. The van der Waals surface area contributed by atoms with Crippen LogP contribution in [0.2, 0.25) is 0 Å². The number of hydrogen-bond acceptors (Lipinski definition) is 3. The van der Waals surface area contributed by atoms with E-state index in [-0.39, 0.29) is 5.91 Å². The van der Waals surface area contributed by atoms with Gasteiger partial charge in [0.25, 0.3) is 0 Å². The molecule has 0 aliphatic carbocycles. The van der Waals surface area contributed by atoms with Crippen LogP contribution in [0.5, 0.6) is 0 Å². The van der Waals surface area contributed by atoms with E-state index in [0.717, 1.165) is 31.5 Å². The molecular weight excluding hydrogens is 216 g/mol. The van der Waals surface area contributed by atoms with Crippen molar-refractivity contribution < 1.29 is 4.79 Å². The molecule has 0 radical (unpaired) electrons. The fraction of sp³-hybridized carbons (Fsp3) is 0.667. The normalized spacial score (nSPS) is 20.6. The molecule has 1 N–H and O–H groups in total. The number of likely N-dealkylation sites (N-methyl/N-ethyl adjacent to an activating group) is 1. The van der Waals surface area contributed by atoms with E-state index in [1.165, 1.54) is 0 Å². The lowest BCUT2D eigenvalue weighted by atomic mass is 10.1. The summed E-state index contributed by atoms with van der Waals surface area (Å²) in [5.41, 5.74) is 0.990. The van der Waals surface area contributed by atoms with E-state index in [1.807, 2.05) is 25.2 Å². The number of aryl methyl sites for hydroxylation is 1. The average molecular weight is 236 g/mol. The lowest BCUT2D eigenvalue weighted by Crippen LogP contribution is -2.47. The number of carbonyl (C=O) groups excluding carboxylic acids is 1. The average Bonchev–Trinajstić information content (AvgIpc) is 2.75. The van der Waals surface area contributed by atoms with Crippen LogP contribution in [-0.2, 0) is 18.3 Å². The first-order valence-corrected chi connectivity index (χ1v) is 6.11. The summed E-state index contributed by atoms with van der Waals surface area (Å²) in [6.07, 6.45) is 6.37. The lowest BCUT2D eigenvalue weighted by molar-refractivity contribution is -0.131. The molecule has 1 aromatic rings. The summed E-state index contributed by atoms with van der Waals surface area (Å²) in [5.74, 6) is 0.206. The van der Waals surface area contributed by atoms with Crippen LogP contribution >= 0.6 is 0 Å². The lowest BCUT2D eigenvalue weighted by Gasteiger charge is -2.32. The maximum atomic E-state index is 12.1. The number of carbonyl (C=O) groups is 1. The quantitative estimate of drug-likeness (QED) is 0.814. The number of piperidine rings is 1. The maximum Gasteiger partial charge on any atom is 0.227 e. The summed E-state index contributed by atoms with van der Waals surface area (Å²) in [6, 6.07) is 0.446. The molecule has 17 heavy (non-hydrogen) atoms. The molecule has 2 heterocycles. The highest BCUT2D eigenvalue weighted by molar-refractivity contribution is 5.78. The van der Waals surface area contributed by atoms with Gasteiger partial charge in [-0.3, -0.25) is 9.48 Å². The van der Waals surface area contributed by atoms with Gasteiger partial charge in [-0.1, -0.05) is 0 Å². The van der Waals surface area contributed by atoms with Gasteiger partial charge in [0.2, 0.25) is 5.91 Å². The molecule has 1 fully saturated rings. The van der Waals surface area contributed by atoms with Crippen LogP contribution in [-0.4, -0.2) is 46.8 Å². The Morgan fingerprint density at radius 3 is 3.12 bits per heavy atom. The molecule has 1 amide bonds. The van der Waals surface area contributed by atoms with E-state index in [0.29, 0.717) is 12.5 Å². The topological polar surface area (TPSA) is 50.2 Å². The summed E-state index contributed by atoms with van der Waals surface area (Å²) in [7, 11) is 3.83. The smallest absolute Gasteiger partial charge is 0.227 e. The van der Waals surface area contributed by atoms with Gasteiger partial charge in [0.05, 0.1) is 12.6 Å². The number of rotatable bonds is 3. The van der Waals surface area contributed by atoms with Crippen molar-refractivity contribution in [1.82, 2.24) is 20.0 Å². The minimum Gasteiger partial charge on any atom is -0.341 e. The third-order valence-corrected chi connectivity index (χ3v) is 3.30. The third kappa shape index (κ3) is 3.06. The molecule has 1 saturated heterocycles. The van der Waals surface area contributed by atoms with Crippen LogP contribution < -0.4 is 5.32 Å². The van der Waals surface area contributed by atoms with Crippen molar-refractivity contribution in [3.05, 3.63) is 18.0 Å². The van der Waals surface area contributed by atoms with Crippen LogP contribution in [0.25, 0.3) is 0 Å². The predicted molar refractivity (Wildman–Crippen MR) is 65.6 cm³/mol. The van der Waals surface area contributed by atoms with Gasteiger partial charge in [-0.2, -0.15) is 5.10 Å². The highest BCUT2D eigenvalue weighted by Gasteiger charge is 2.22. The Balaban J connectivity index is 1.91. The second kappa shape index (κ2) is 5.31. The summed E-state index contributed by atoms with van der Waals surface area (Å²) < 4.78 is 1.73. The highest BCUT2D eigenvalue weighted by Crippen LogP contribution is 2.11. The Labute approximate surface area is 102 Å². The van der Waals surface area contributed by atoms with Gasteiger partial charge in [-0.05, 0) is 25.5 Å². The Hall–Kier alpha value is -1.36. The second-order valence-electron chi connectivity index (χ2n) is 4.67. The molecule has 5 heteroatoms. The maximum absolute atomic E-state index is 12.1. The fourth-order valence-corrected chi connectivity index (χ4v) is 2.29. The van der Waals surface area contributed by atoms with Gasteiger partial charge in [0.15, 0.2) is 0 Å². The van der Waals surface area contributed by atoms with Gasteiger partial charge in [0.1, 0.15) is 0 Å². The van der Waals surface area contributed by atoms with Crippen LogP contribution in [0.4, 0.5) is 0 Å². The molecule has 94 valence electrons. The van der Waals surface area contributed by atoms with E-state index in [4.69, 9.17) is 0 Å². The molecule has 0 saturated carbocycles. The van der Waals surface area contributed by atoms with Crippen molar-refractivity contribution in [3.63, 3.8) is 0 Å². The molecule has 1 atom stereocenters. The predicted octanol–water partition coefficient (Wildman–Crippen LogP) is 0.173. The summed E-state index contributed by atoms with van der Waals surface area (Å²) in [5, 5.41) is 7.33. The Bertz CT molecular complexity index is 388. The van der Waals surface area contributed by atoms with E-state index in [9.17, 15) is 4.79 Å². The minimum absolute atomic E-state index is 0.206. The zero-order valence-electron chi connectivity index (χ0n) is 10.5. The molecule has 0 aromatic carbocycles. The summed E-state index contributed by atoms with van der Waals surface area (Å²) >= 11 is 0. The molecular formula is C12H20N4O. The molecule has 0 unspecified atom stereocenters. The number of nitrogens with zero attached hydrogens (tertiary/aromatic N) is 3. The van der Waals surface area contributed by atoms with Crippen LogP contribution in [0.15, 0.2) is 12.4 Å². The Kier molecular flexibility index (Phi) is 3.78. The van der Waals surface area contributed by atoms with E-state index in [2.05, 4.69) is 10.4 Å². The van der Waals surface area contributed by atoms with Crippen molar-refractivity contribution in [1.29, 1.82) is 0 Å². The zero-order chi connectivity index (χ0) is 12.3. The Morgan fingerprint density at radius 2 is 2.47 bits per heavy atom. The van der Waals surface area contributed by atoms with Crippen molar-refractivity contribution in [2.75, 3.05) is 20.1 Å². The molecule has 0 bridgehead atoms. The highest BCUT2D eigenvalue weighted by atomic mass is 16.2. The van der Waals surface area contributed by atoms with E-state index < -0.39 is 0 Å². The van der Waals surface area contributed by atoms with Crippen LogP contribution in [0.1, 0.15) is 18.4 Å². The first-order chi connectivity index (χ1) is 8.19. The number of amides is 1. The van der Waals surface area contributed by atoms with Crippen molar-refractivity contribution in [3.8, 4) is 0 Å². The summed E-state index contributed by atoms with van der Waals surface area (Å²) in [6.45, 7) is 1.72. The number of nitrogens with one attached hydrogen (secondary N) is 1. The molecule has 0 spiro atoms. The zero-order valence-corrected chi connectivity index (χ0v) is 10.5. The number of hydrogen-bond donors (Lipinski definition) is 1. The third-order valence-electron chi connectivity index (χ3n) is 3.30. The number of aromatic nitrogens is 2. The van der Waals surface area contributed by atoms with Crippen molar-refractivity contribution in [2.45, 2.75) is 25.3 Å². The largest absolute Gasteiger partial charge is 0.341 e. The monoisotopic (exact) mass is 236 g/mol. The van der Waals surface area contributed by atoms with Gasteiger partial charge in [-0.25, -0.2) is 0 Å². The fourth-order valence-electron chi connectivity index (χ4n) is 2.29. The van der Waals surface area contributed by atoms with Gasteiger partial charge in [0, 0.05) is 32.4 Å².